The Hall–Kier alpha value is -0.910. The van der Waals surface area contributed by atoms with Crippen molar-refractivity contribution in [2.45, 2.75) is 70.6 Å². The van der Waals surface area contributed by atoms with Gasteiger partial charge in [-0.2, -0.15) is 0 Å². The average Bonchev–Trinajstić information content (AvgIpc) is 3.10. The largest absolute Gasteiger partial charge is 0.389 e. The summed E-state index contributed by atoms with van der Waals surface area (Å²) in [5, 5.41) is 10.2. The minimum Gasteiger partial charge on any atom is -0.389 e. The predicted octanol–water partition coefficient (Wildman–Crippen LogP) is 2.21. The van der Waals surface area contributed by atoms with Crippen LogP contribution in [-0.2, 0) is 17.6 Å². The number of hydrogen-bond donors (Lipinski definition) is 2. The van der Waals surface area contributed by atoms with Gasteiger partial charge in [-0.05, 0) is 58.9 Å². The Bertz CT molecular complexity index is 463. The first kappa shape index (κ1) is 16.0. The highest BCUT2D eigenvalue weighted by molar-refractivity contribution is 5.19. The van der Waals surface area contributed by atoms with E-state index in [9.17, 15) is 5.11 Å². The molecule has 22 heavy (non-hydrogen) atoms. The molecule has 2 aliphatic rings. The van der Waals surface area contributed by atoms with Crippen molar-refractivity contribution in [2.24, 2.45) is 0 Å². The lowest BCUT2D eigenvalue weighted by molar-refractivity contribution is -0.0105. The van der Waals surface area contributed by atoms with E-state index in [1.165, 1.54) is 30.7 Å². The summed E-state index contributed by atoms with van der Waals surface area (Å²) in [7, 11) is 0. The Labute approximate surface area is 133 Å². The molecule has 3 rings (SSSR count). The SMILES string of the molecule is CC(C)OC[C@@H](O)CN1CCC[C@H]1c1nc2c([nH]1)CCCC2. The molecule has 1 aromatic heterocycles. The molecule has 5 nitrogen and oxygen atoms in total. The second kappa shape index (κ2) is 7.11. The fourth-order valence-corrected chi connectivity index (χ4v) is 3.61. The molecule has 2 atom stereocenters. The van der Waals surface area contributed by atoms with Gasteiger partial charge in [-0.1, -0.05) is 0 Å². The Balaban J connectivity index is 1.61. The minimum atomic E-state index is -0.424. The molecule has 0 aromatic carbocycles. The third kappa shape index (κ3) is 3.70. The third-order valence-electron chi connectivity index (χ3n) is 4.72. The number of ether oxygens (including phenoxy) is 1. The summed E-state index contributed by atoms with van der Waals surface area (Å²) in [6.07, 6.45) is 6.83. The highest BCUT2D eigenvalue weighted by Crippen LogP contribution is 2.32. The van der Waals surface area contributed by atoms with Gasteiger partial charge in [0, 0.05) is 12.2 Å². The van der Waals surface area contributed by atoms with Crippen LogP contribution in [0, 0.1) is 0 Å². The second-order valence-electron chi connectivity index (χ2n) is 6.94. The first-order chi connectivity index (χ1) is 10.6. The number of fused-ring (bicyclic) bond motifs is 1. The fourth-order valence-electron chi connectivity index (χ4n) is 3.61. The number of nitrogens with one attached hydrogen (secondary N) is 1. The Morgan fingerprint density at radius 1 is 1.32 bits per heavy atom. The lowest BCUT2D eigenvalue weighted by Crippen LogP contribution is -2.35. The van der Waals surface area contributed by atoms with Crippen LogP contribution >= 0.6 is 0 Å². The van der Waals surface area contributed by atoms with Crippen molar-refractivity contribution in [3.05, 3.63) is 17.2 Å². The maximum absolute atomic E-state index is 10.2. The summed E-state index contributed by atoms with van der Waals surface area (Å²) in [5.41, 5.74) is 2.62. The van der Waals surface area contributed by atoms with Crippen LogP contribution in [-0.4, -0.2) is 51.9 Å². The average molecular weight is 307 g/mol. The van der Waals surface area contributed by atoms with E-state index in [1.54, 1.807) is 0 Å². The number of aliphatic hydroxyl groups excluding tert-OH is 1. The number of H-pyrrole nitrogens is 1. The van der Waals surface area contributed by atoms with Crippen molar-refractivity contribution in [2.75, 3.05) is 19.7 Å². The number of rotatable bonds is 6. The van der Waals surface area contributed by atoms with Crippen molar-refractivity contribution in [3.63, 3.8) is 0 Å². The first-order valence-corrected chi connectivity index (χ1v) is 8.75. The van der Waals surface area contributed by atoms with E-state index in [4.69, 9.17) is 9.72 Å². The molecule has 0 unspecified atom stereocenters. The van der Waals surface area contributed by atoms with Crippen LogP contribution in [0.1, 0.15) is 62.8 Å². The standard InChI is InChI=1S/C17H29N3O2/c1-12(2)22-11-13(21)10-20-9-5-8-16(20)17-18-14-6-3-4-7-15(14)19-17/h12-13,16,21H,3-11H2,1-2H3,(H,18,19)/t13-,16-/m0/s1. The van der Waals surface area contributed by atoms with Gasteiger partial charge in [0.05, 0.1) is 30.6 Å². The van der Waals surface area contributed by atoms with E-state index in [0.29, 0.717) is 19.2 Å². The van der Waals surface area contributed by atoms with Gasteiger partial charge in [-0.25, -0.2) is 4.98 Å². The summed E-state index contributed by atoms with van der Waals surface area (Å²) in [4.78, 5) is 10.8. The monoisotopic (exact) mass is 307 g/mol. The van der Waals surface area contributed by atoms with Gasteiger partial charge in [-0.3, -0.25) is 4.90 Å². The zero-order valence-electron chi connectivity index (χ0n) is 13.8. The number of imidazole rings is 1. The van der Waals surface area contributed by atoms with E-state index < -0.39 is 6.10 Å². The van der Waals surface area contributed by atoms with Crippen LogP contribution in [0.3, 0.4) is 0 Å². The molecule has 0 spiro atoms. The van der Waals surface area contributed by atoms with E-state index in [-0.39, 0.29) is 6.10 Å². The van der Waals surface area contributed by atoms with Gasteiger partial charge in [0.15, 0.2) is 0 Å². The Morgan fingerprint density at radius 3 is 2.91 bits per heavy atom. The maximum Gasteiger partial charge on any atom is 0.124 e. The summed E-state index contributed by atoms with van der Waals surface area (Å²) >= 11 is 0. The van der Waals surface area contributed by atoms with Crippen molar-refractivity contribution in [3.8, 4) is 0 Å². The van der Waals surface area contributed by atoms with Gasteiger partial charge in [-0.15, -0.1) is 0 Å². The summed E-state index contributed by atoms with van der Waals surface area (Å²) in [6.45, 7) is 6.12. The quantitative estimate of drug-likeness (QED) is 0.846. The van der Waals surface area contributed by atoms with Gasteiger partial charge in [0.1, 0.15) is 5.82 Å². The first-order valence-electron chi connectivity index (χ1n) is 8.75. The lowest BCUT2D eigenvalue weighted by atomic mass is 10.0. The molecule has 1 aromatic rings. The van der Waals surface area contributed by atoms with E-state index >= 15 is 0 Å². The predicted molar refractivity (Wildman–Crippen MR) is 85.9 cm³/mol. The van der Waals surface area contributed by atoms with Crippen LogP contribution in [0.2, 0.25) is 0 Å². The number of aromatic nitrogens is 2. The molecule has 1 saturated heterocycles. The highest BCUT2D eigenvalue weighted by atomic mass is 16.5. The zero-order valence-corrected chi connectivity index (χ0v) is 13.8. The lowest BCUT2D eigenvalue weighted by Gasteiger charge is -2.25. The molecule has 0 amide bonds. The molecule has 2 N–H and O–H groups in total. The molecule has 124 valence electrons. The van der Waals surface area contributed by atoms with Crippen LogP contribution < -0.4 is 0 Å². The van der Waals surface area contributed by atoms with Crippen LogP contribution in [0.5, 0.6) is 0 Å². The van der Waals surface area contributed by atoms with E-state index in [2.05, 4.69) is 9.88 Å². The number of aromatic amines is 1. The molecule has 5 heteroatoms. The van der Waals surface area contributed by atoms with Gasteiger partial charge < -0.3 is 14.8 Å². The van der Waals surface area contributed by atoms with Crippen molar-refractivity contribution >= 4 is 0 Å². The second-order valence-corrected chi connectivity index (χ2v) is 6.94. The van der Waals surface area contributed by atoms with Crippen LogP contribution in [0.15, 0.2) is 0 Å². The van der Waals surface area contributed by atoms with Gasteiger partial charge >= 0.3 is 0 Å². The normalized spacial score (nSPS) is 23.9. The third-order valence-corrected chi connectivity index (χ3v) is 4.72. The van der Waals surface area contributed by atoms with Gasteiger partial charge in [0.25, 0.3) is 0 Å². The van der Waals surface area contributed by atoms with Crippen LogP contribution in [0.25, 0.3) is 0 Å². The fraction of sp³-hybridized carbons (Fsp3) is 0.824. The van der Waals surface area contributed by atoms with Crippen molar-refractivity contribution < 1.29 is 9.84 Å². The maximum atomic E-state index is 10.2. The number of likely N-dealkylation sites (tertiary alicyclic amines) is 1. The molecule has 2 heterocycles. The molecule has 1 fully saturated rings. The molecule has 0 saturated carbocycles. The van der Waals surface area contributed by atoms with Crippen LogP contribution in [0.4, 0.5) is 0 Å². The summed E-state index contributed by atoms with van der Waals surface area (Å²) in [5.74, 6) is 1.11. The number of hydrogen-bond acceptors (Lipinski definition) is 4. The highest BCUT2D eigenvalue weighted by Gasteiger charge is 2.31. The number of aryl methyl sites for hydroxylation is 2. The molecule has 0 bridgehead atoms. The Kier molecular flexibility index (Phi) is 5.16. The smallest absolute Gasteiger partial charge is 0.124 e. The number of nitrogens with zero attached hydrogens (tertiary/aromatic N) is 2. The molecule has 0 radical (unpaired) electrons. The minimum absolute atomic E-state index is 0.167. The van der Waals surface area contributed by atoms with Gasteiger partial charge in [0.2, 0.25) is 0 Å². The summed E-state index contributed by atoms with van der Waals surface area (Å²) < 4.78 is 5.52. The molecule has 1 aliphatic carbocycles. The summed E-state index contributed by atoms with van der Waals surface area (Å²) in [6, 6.07) is 0.333. The van der Waals surface area contributed by atoms with Crippen molar-refractivity contribution in [1.29, 1.82) is 0 Å². The van der Waals surface area contributed by atoms with Crippen molar-refractivity contribution in [1.82, 2.24) is 14.9 Å². The van der Waals surface area contributed by atoms with E-state index in [0.717, 1.165) is 31.6 Å². The number of aliphatic hydroxyl groups is 1. The van der Waals surface area contributed by atoms with E-state index in [1.807, 2.05) is 13.8 Å². The number of β-amino-alcohol motifs (C(OH)–C–C–N with tert-alkyl or cyclic N) is 1. The molecular weight excluding hydrogens is 278 g/mol. The molecule has 1 aliphatic heterocycles. The topological polar surface area (TPSA) is 61.4 Å². The Morgan fingerprint density at radius 2 is 2.14 bits per heavy atom. The molecular formula is C17H29N3O2. The zero-order chi connectivity index (χ0) is 15.5.